The number of hydrogen-bond acceptors (Lipinski definition) is 4. The maximum absolute atomic E-state index is 11.7. The van der Waals surface area contributed by atoms with Gasteiger partial charge in [0.2, 0.25) is 5.91 Å². The first kappa shape index (κ1) is 16.4. The van der Waals surface area contributed by atoms with Crippen LogP contribution in [0, 0.1) is 6.92 Å². The van der Waals surface area contributed by atoms with Gasteiger partial charge in [-0.15, -0.1) is 11.8 Å². The predicted octanol–water partition coefficient (Wildman–Crippen LogP) is 1.65. The summed E-state index contributed by atoms with van der Waals surface area (Å²) < 4.78 is 5.53. The molecule has 1 aromatic carbocycles. The van der Waals surface area contributed by atoms with E-state index in [4.69, 9.17) is 9.84 Å². The van der Waals surface area contributed by atoms with Crippen molar-refractivity contribution in [1.29, 1.82) is 0 Å². The second kappa shape index (κ2) is 8.47. The number of rotatable bonds is 8. The number of amides is 1. The molecule has 0 spiro atoms. The van der Waals surface area contributed by atoms with Gasteiger partial charge in [0.05, 0.1) is 18.1 Å². The van der Waals surface area contributed by atoms with Crippen LogP contribution in [0.15, 0.2) is 24.3 Å². The van der Waals surface area contributed by atoms with Crippen molar-refractivity contribution in [2.24, 2.45) is 0 Å². The van der Waals surface area contributed by atoms with E-state index >= 15 is 0 Å². The standard InChI is InChI=1S/C14H19NO4S/c1-11-3-5-12(6-4-11)19-8-7-15(2)13(16)9-20-10-14(17)18/h3-6H,7-10H2,1-2H3,(H,17,18). The molecule has 5 nitrogen and oxygen atoms in total. The molecule has 0 atom stereocenters. The third-order valence-corrected chi connectivity index (χ3v) is 3.50. The molecule has 0 heterocycles. The SMILES string of the molecule is Cc1ccc(OCCN(C)C(=O)CSCC(=O)O)cc1. The van der Waals surface area contributed by atoms with E-state index < -0.39 is 5.97 Å². The fourth-order valence-electron chi connectivity index (χ4n) is 1.40. The summed E-state index contributed by atoms with van der Waals surface area (Å²) in [6.45, 7) is 2.89. The van der Waals surface area contributed by atoms with E-state index in [0.29, 0.717) is 13.2 Å². The van der Waals surface area contributed by atoms with Gasteiger partial charge in [-0.05, 0) is 19.1 Å². The Morgan fingerprint density at radius 3 is 2.50 bits per heavy atom. The molecule has 110 valence electrons. The largest absolute Gasteiger partial charge is 0.492 e. The Hall–Kier alpha value is -1.69. The lowest BCUT2D eigenvalue weighted by Gasteiger charge is -2.17. The fraction of sp³-hybridized carbons (Fsp3) is 0.429. The molecule has 1 amide bonds. The monoisotopic (exact) mass is 297 g/mol. The van der Waals surface area contributed by atoms with Crippen molar-refractivity contribution in [3.63, 3.8) is 0 Å². The van der Waals surface area contributed by atoms with Gasteiger partial charge >= 0.3 is 5.97 Å². The van der Waals surface area contributed by atoms with Crippen molar-refractivity contribution in [3.05, 3.63) is 29.8 Å². The number of carbonyl (C=O) groups excluding carboxylic acids is 1. The topological polar surface area (TPSA) is 66.8 Å². The first-order valence-electron chi connectivity index (χ1n) is 6.22. The lowest BCUT2D eigenvalue weighted by molar-refractivity contribution is -0.133. The van der Waals surface area contributed by atoms with Crippen LogP contribution < -0.4 is 4.74 Å². The molecule has 1 aromatic rings. The van der Waals surface area contributed by atoms with Gasteiger partial charge in [0.1, 0.15) is 12.4 Å². The molecule has 0 aliphatic rings. The summed E-state index contributed by atoms with van der Waals surface area (Å²) in [6.07, 6.45) is 0. The Bertz CT molecular complexity index is 447. The lowest BCUT2D eigenvalue weighted by Crippen LogP contribution is -2.32. The van der Waals surface area contributed by atoms with Gasteiger partial charge in [-0.3, -0.25) is 9.59 Å². The molecule has 0 aliphatic carbocycles. The smallest absolute Gasteiger partial charge is 0.313 e. The molecule has 1 N–H and O–H groups in total. The van der Waals surface area contributed by atoms with Gasteiger partial charge < -0.3 is 14.7 Å². The predicted molar refractivity (Wildman–Crippen MR) is 79.3 cm³/mol. The van der Waals surface area contributed by atoms with Crippen LogP contribution >= 0.6 is 11.8 Å². The minimum atomic E-state index is -0.909. The summed E-state index contributed by atoms with van der Waals surface area (Å²) in [5, 5.41) is 8.49. The zero-order chi connectivity index (χ0) is 15.0. The molecule has 20 heavy (non-hydrogen) atoms. The van der Waals surface area contributed by atoms with Crippen LogP contribution in [0.1, 0.15) is 5.56 Å². The van der Waals surface area contributed by atoms with Crippen LogP contribution in [0.4, 0.5) is 0 Å². The van der Waals surface area contributed by atoms with E-state index in [1.54, 1.807) is 11.9 Å². The molecule has 6 heteroatoms. The number of thioether (sulfide) groups is 1. The van der Waals surface area contributed by atoms with Gasteiger partial charge in [0.15, 0.2) is 0 Å². The first-order valence-corrected chi connectivity index (χ1v) is 7.37. The second-order valence-electron chi connectivity index (χ2n) is 4.36. The van der Waals surface area contributed by atoms with Gasteiger partial charge in [0.25, 0.3) is 0 Å². The average molecular weight is 297 g/mol. The van der Waals surface area contributed by atoms with Crippen molar-refractivity contribution in [1.82, 2.24) is 4.90 Å². The number of aryl methyl sites for hydroxylation is 1. The van der Waals surface area contributed by atoms with Gasteiger partial charge in [-0.25, -0.2) is 0 Å². The first-order chi connectivity index (χ1) is 9.49. The van der Waals surface area contributed by atoms with Crippen LogP contribution in [-0.2, 0) is 9.59 Å². The molecule has 0 saturated heterocycles. The van der Waals surface area contributed by atoms with Crippen LogP contribution in [0.2, 0.25) is 0 Å². The fourth-order valence-corrected chi connectivity index (χ4v) is 2.07. The highest BCUT2D eigenvalue weighted by atomic mass is 32.2. The van der Waals surface area contributed by atoms with Crippen LogP contribution in [-0.4, -0.2) is 53.6 Å². The summed E-state index contributed by atoms with van der Waals surface area (Å²) in [5.74, 6) is -0.110. The zero-order valence-electron chi connectivity index (χ0n) is 11.7. The number of ether oxygens (including phenoxy) is 1. The normalized spacial score (nSPS) is 10.1. The lowest BCUT2D eigenvalue weighted by atomic mass is 10.2. The third-order valence-electron chi connectivity index (χ3n) is 2.59. The average Bonchev–Trinajstić information content (AvgIpc) is 2.40. The van der Waals surface area contributed by atoms with Gasteiger partial charge in [0, 0.05) is 7.05 Å². The Kier molecular flexibility index (Phi) is 6.93. The van der Waals surface area contributed by atoms with Gasteiger partial charge in [-0.2, -0.15) is 0 Å². The Morgan fingerprint density at radius 2 is 1.90 bits per heavy atom. The molecule has 1 rings (SSSR count). The highest BCUT2D eigenvalue weighted by molar-refractivity contribution is 8.00. The molecule has 0 aromatic heterocycles. The third kappa shape index (κ3) is 6.47. The van der Waals surface area contributed by atoms with Gasteiger partial charge in [-0.1, -0.05) is 17.7 Å². The summed E-state index contributed by atoms with van der Waals surface area (Å²) >= 11 is 1.10. The minimum Gasteiger partial charge on any atom is -0.492 e. The number of carbonyl (C=O) groups is 2. The van der Waals surface area contributed by atoms with E-state index in [0.717, 1.165) is 17.5 Å². The summed E-state index contributed by atoms with van der Waals surface area (Å²) in [6, 6.07) is 7.71. The van der Waals surface area contributed by atoms with Crippen LogP contribution in [0.3, 0.4) is 0 Å². The molecule has 0 unspecified atom stereocenters. The molecule has 0 radical (unpaired) electrons. The Morgan fingerprint density at radius 1 is 1.25 bits per heavy atom. The molecule has 0 aliphatic heterocycles. The van der Waals surface area contributed by atoms with Crippen molar-refractivity contribution in [2.45, 2.75) is 6.92 Å². The molecular formula is C14H19NO4S. The number of hydrogen-bond donors (Lipinski definition) is 1. The van der Waals surface area contributed by atoms with E-state index in [9.17, 15) is 9.59 Å². The molecule has 0 saturated carbocycles. The van der Waals surface area contributed by atoms with E-state index in [-0.39, 0.29) is 17.4 Å². The van der Waals surface area contributed by atoms with Crippen molar-refractivity contribution >= 4 is 23.6 Å². The second-order valence-corrected chi connectivity index (χ2v) is 5.35. The molecule has 0 bridgehead atoms. The minimum absolute atomic E-state index is 0.0561. The highest BCUT2D eigenvalue weighted by Crippen LogP contribution is 2.11. The van der Waals surface area contributed by atoms with E-state index in [1.165, 1.54) is 5.56 Å². The number of aliphatic carboxylic acids is 1. The summed E-state index contributed by atoms with van der Waals surface area (Å²) in [4.78, 5) is 23.6. The van der Waals surface area contributed by atoms with Crippen molar-refractivity contribution in [3.8, 4) is 5.75 Å². The number of carboxylic acids is 1. The molecular weight excluding hydrogens is 278 g/mol. The number of carboxylic acid groups (broad SMARTS) is 1. The number of benzene rings is 1. The highest BCUT2D eigenvalue weighted by Gasteiger charge is 2.09. The Labute approximate surface area is 122 Å². The summed E-state index contributed by atoms with van der Waals surface area (Å²) in [5.41, 5.74) is 1.17. The van der Waals surface area contributed by atoms with Crippen molar-refractivity contribution in [2.75, 3.05) is 31.7 Å². The molecule has 0 fully saturated rings. The zero-order valence-corrected chi connectivity index (χ0v) is 12.5. The Balaban J connectivity index is 2.21. The van der Waals surface area contributed by atoms with Crippen LogP contribution in [0.25, 0.3) is 0 Å². The van der Waals surface area contributed by atoms with E-state index in [2.05, 4.69) is 0 Å². The van der Waals surface area contributed by atoms with E-state index in [1.807, 2.05) is 31.2 Å². The quantitative estimate of drug-likeness (QED) is 0.790. The number of likely N-dealkylation sites (N-methyl/N-ethyl adjacent to an activating group) is 1. The number of nitrogens with zero attached hydrogens (tertiary/aromatic N) is 1. The van der Waals surface area contributed by atoms with Crippen LogP contribution in [0.5, 0.6) is 5.75 Å². The maximum atomic E-state index is 11.7. The maximum Gasteiger partial charge on any atom is 0.313 e. The summed E-state index contributed by atoms with van der Waals surface area (Å²) in [7, 11) is 1.68. The van der Waals surface area contributed by atoms with Crippen molar-refractivity contribution < 1.29 is 19.4 Å².